The standard InChI is InChI=1S/C6Br13O/c7-1(4(12,13)14,6(18,19)20)2(8,9)3(10,11)5(15,16)17. The first-order valence-electron chi connectivity index (χ1n) is 3.91. The summed E-state index contributed by atoms with van der Waals surface area (Å²) >= 11 is 44.5. The molecular formula is C6Br13O. The Hall–Kier alpha value is 6.20. The molecule has 0 aromatic heterocycles. The van der Waals surface area contributed by atoms with E-state index in [0.29, 0.717) is 0 Å². The summed E-state index contributed by atoms with van der Waals surface area (Å²) in [6.07, 6.45) is 0. The summed E-state index contributed by atoms with van der Waals surface area (Å²) in [6, 6.07) is 0. The monoisotopic (exact) mass is 1110 g/mol. The zero-order valence-corrected chi connectivity index (χ0v) is 28.9. The maximum absolute atomic E-state index is 12.7. The van der Waals surface area contributed by atoms with Crippen LogP contribution in [0.5, 0.6) is 0 Å². The molecule has 14 heteroatoms. The third kappa shape index (κ3) is 4.97. The Bertz CT molecular complexity index is 343. The molecule has 20 heavy (non-hydrogen) atoms. The minimum Gasteiger partial charge on any atom is -0.202 e. The summed E-state index contributed by atoms with van der Waals surface area (Å²) in [4.78, 5) is 0. The molecule has 0 aliphatic carbocycles. The summed E-state index contributed by atoms with van der Waals surface area (Å²) in [5.74, 6) is 0. The van der Waals surface area contributed by atoms with Crippen molar-refractivity contribution in [2.75, 3.05) is 0 Å². The zero-order valence-electron chi connectivity index (χ0n) is 8.32. The van der Waals surface area contributed by atoms with Gasteiger partial charge in [-0.2, -0.15) is 0 Å². The SMILES string of the molecule is [O]C(Br)(Br)C(Br)(C(Br)(Br)Br)C(Br)(Br)C(Br)(Br)C(Br)(Br)Br. The maximum atomic E-state index is 12.7. The lowest BCUT2D eigenvalue weighted by molar-refractivity contribution is 0.113. The van der Waals surface area contributed by atoms with Gasteiger partial charge in [-0.3, -0.25) is 0 Å². The molecule has 0 saturated carbocycles. The molecule has 0 amide bonds. The number of rotatable bonds is 3. The fourth-order valence-corrected chi connectivity index (χ4v) is 13.8. The van der Waals surface area contributed by atoms with Crippen molar-refractivity contribution in [1.29, 1.82) is 0 Å². The highest BCUT2D eigenvalue weighted by atomic mass is 80.0. The second-order valence-electron chi connectivity index (χ2n) is 3.32. The third-order valence-electron chi connectivity index (χ3n) is 1.97. The molecule has 0 aliphatic rings. The van der Waals surface area contributed by atoms with Gasteiger partial charge in [0.05, 0.1) is 0 Å². The normalized spacial score (nSPS) is 18.9. The van der Waals surface area contributed by atoms with Crippen molar-refractivity contribution >= 4 is 207 Å². The van der Waals surface area contributed by atoms with Crippen molar-refractivity contribution in [1.82, 2.24) is 0 Å². The van der Waals surface area contributed by atoms with Crippen molar-refractivity contribution < 1.29 is 5.11 Å². The minimum atomic E-state index is -1.82. The number of alkyl halides is 13. The van der Waals surface area contributed by atoms with E-state index in [2.05, 4.69) is 207 Å². The van der Waals surface area contributed by atoms with Gasteiger partial charge >= 0.3 is 0 Å². The van der Waals surface area contributed by atoms with E-state index in [0.717, 1.165) is 0 Å². The van der Waals surface area contributed by atoms with Crippen LogP contribution in [0, 0.1) is 0 Å². The topological polar surface area (TPSA) is 19.9 Å². The van der Waals surface area contributed by atoms with Gasteiger partial charge in [-0.25, -0.2) is 5.11 Å². The second kappa shape index (κ2) is 8.29. The predicted molar refractivity (Wildman–Crippen MR) is 133 cm³/mol. The van der Waals surface area contributed by atoms with E-state index < -0.39 is 18.5 Å². The van der Waals surface area contributed by atoms with Gasteiger partial charge in [0, 0.05) is 0 Å². The molecule has 0 aromatic rings. The smallest absolute Gasteiger partial charge is 0.202 e. The van der Waals surface area contributed by atoms with Crippen LogP contribution < -0.4 is 0 Å². The van der Waals surface area contributed by atoms with E-state index >= 15 is 0 Å². The first-order valence-corrected chi connectivity index (χ1v) is 14.2. The molecule has 1 atom stereocenters. The number of hydrogen-bond donors (Lipinski definition) is 0. The molecule has 0 aliphatic heterocycles. The third-order valence-corrected chi connectivity index (χ3v) is 22.3. The van der Waals surface area contributed by atoms with Crippen LogP contribution >= 0.6 is 207 Å². The van der Waals surface area contributed by atoms with E-state index in [-0.39, 0.29) is 0 Å². The molecule has 0 aromatic carbocycles. The Labute approximate surface area is 226 Å². The molecule has 1 radical (unpaired) electrons. The fraction of sp³-hybridized carbons (Fsp3) is 1.00. The van der Waals surface area contributed by atoms with Gasteiger partial charge in [-0.15, -0.1) is 0 Å². The average Bonchev–Trinajstić information content (AvgIpc) is 2.10. The Kier molecular flexibility index (Phi) is 10.9. The van der Waals surface area contributed by atoms with Crippen molar-refractivity contribution in [2.24, 2.45) is 0 Å². The Morgan fingerprint density at radius 3 is 0.900 bits per heavy atom. The summed E-state index contributed by atoms with van der Waals surface area (Å²) in [7, 11) is 0. The molecule has 0 N–H and O–H groups in total. The lowest BCUT2D eigenvalue weighted by Gasteiger charge is -2.54. The fourth-order valence-electron chi connectivity index (χ4n) is 0.920. The molecule has 0 fully saturated rings. The first-order chi connectivity index (χ1) is 8.25. The van der Waals surface area contributed by atoms with Crippen LogP contribution in [0.4, 0.5) is 0 Å². The summed E-state index contributed by atoms with van der Waals surface area (Å²) in [5.41, 5.74) is 0. The molecule has 0 rings (SSSR count). The highest BCUT2D eigenvalue weighted by Crippen LogP contribution is 2.74. The molecular weight excluding hydrogens is 1130 g/mol. The van der Waals surface area contributed by atoms with E-state index in [9.17, 15) is 5.11 Å². The van der Waals surface area contributed by atoms with Crippen LogP contribution in [0.15, 0.2) is 0 Å². The van der Waals surface area contributed by atoms with Gasteiger partial charge in [0.25, 0.3) is 0 Å². The number of halogens is 13. The van der Waals surface area contributed by atoms with Crippen molar-refractivity contribution in [3.63, 3.8) is 0 Å². The molecule has 0 heterocycles. The van der Waals surface area contributed by atoms with Gasteiger partial charge < -0.3 is 0 Å². The van der Waals surface area contributed by atoms with Crippen molar-refractivity contribution in [3.05, 3.63) is 0 Å². The van der Waals surface area contributed by atoms with Crippen LogP contribution in [0.25, 0.3) is 0 Å². The summed E-state index contributed by atoms with van der Waals surface area (Å²) < 4.78 is -7.03. The van der Waals surface area contributed by atoms with Crippen LogP contribution in [-0.4, -0.2) is 18.5 Å². The highest BCUT2D eigenvalue weighted by Gasteiger charge is 2.76. The van der Waals surface area contributed by atoms with Crippen LogP contribution in [-0.2, 0) is 5.11 Å². The summed E-state index contributed by atoms with van der Waals surface area (Å²) in [5, 5.41) is 12.7. The minimum absolute atomic E-state index is 0.824. The van der Waals surface area contributed by atoms with Crippen molar-refractivity contribution in [3.8, 4) is 0 Å². The molecule has 0 bridgehead atoms. The van der Waals surface area contributed by atoms with E-state index in [1.54, 1.807) is 0 Å². The highest BCUT2D eigenvalue weighted by molar-refractivity contribution is 9.42. The molecule has 0 spiro atoms. The average molecular weight is 1130 g/mol. The van der Waals surface area contributed by atoms with E-state index in [1.807, 2.05) is 0 Å². The molecule has 0 saturated heterocycles. The van der Waals surface area contributed by atoms with Gasteiger partial charge in [-0.1, -0.05) is 175 Å². The Morgan fingerprint density at radius 1 is 0.450 bits per heavy atom. The van der Waals surface area contributed by atoms with Crippen LogP contribution in [0.3, 0.4) is 0 Å². The lowest BCUT2D eigenvalue weighted by atomic mass is 10.1. The lowest BCUT2D eigenvalue weighted by Crippen LogP contribution is -2.67. The van der Waals surface area contributed by atoms with Gasteiger partial charge in [0.1, 0.15) is 10.8 Å². The second-order valence-corrected chi connectivity index (χ2v) is 28.2. The van der Waals surface area contributed by atoms with Gasteiger partial charge in [0.15, 0.2) is 4.29 Å². The van der Waals surface area contributed by atoms with Crippen LogP contribution in [0.1, 0.15) is 0 Å². The van der Waals surface area contributed by atoms with E-state index in [1.165, 1.54) is 0 Å². The number of hydrogen-bond acceptors (Lipinski definition) is 0. The molecule has 121 valence electrons. The zero-order chi connectivity index (χ0) is 17.0. The van der Waals surface area contributed by atoms with Gasteiger partial charge in [-0.05, 0) is 31.9 Å². The molecule has 1 unspecified atom stereocenters. The van der Waals surface area contributed by atoms with Crippen molar-refractivity contribution in [2.45, 2.75) is 18.5 Å². The first kappa shape index (κ1) is 26.2. The quantitative estimate of drug-likeness (QED) is 0.251. The predicted octanol–water partition coefficient (Wildman–Crippen LogP) is 9.64. The van der Waals surface area contributed by atoms with Gasteiger partial charge in [0.2, 0.25) is 3.42 Å². The summed E-state index contributed by atoms with van der Waals surface area (Å²) in [6.45, 7) is 0. The van der Waals surface area contributed by atoms with E-state index in [4.69, 9.17) is 0 Å². The van der Waals surface area contributed by atoms with Crippen LogP contribution in [0.2, 0.25) is 0 Å². The Balaban J connectivity index is 6.38. The molecule has 1 nitrogen and oxygen atoms in total. The maximum Gasteiger partial charge on any atom is 0.232 e. The Morgan fingerprint density at radius 2 is 0.750 bits per heavy atom. The largest absolute Gasteiger partial charge is 0.232 e.